The fourth-order valence-electron chi connectivity index (χ4n) is 3.18. The second-order valence-electron chi connectivity index (χ2n) is 6.43. The van der Waals surface area contributed by atoms with Crippen molar-refractivity contribution in [1.82, 2.24) is 10.2 Å². The molecule has 0 bridgehead atoms. The molecule has 1 fully saturated rings. The monoisotopic (exact) mass is 358 g/mol. The lowest BCUT2D eigenvalue weighted by atomic mass is 9.98. The summed E-state index contributed by atoms with van der Waals surface area (Å²) in [6.45, 7) is 3.40. The van der Waals surface area contributed by atoms with Gasteiger partial charge in [-0.15, -0.1) is 0 Å². The van der Waals surface area contributed by atoms with Gasteiger partial charge in [0.1, 0.15) is 0 Å². The van der Waals surface area contributed by atoms with Crippen LogP contribution in [-0.2, 0) is 0 Å². The molecule has 3 rings (SSSR count). The fourth-order valence-corrected chi connectivity index (χ4v) is 3.48. The molecule has 1 N–H and O–H groups in total. The maximum atomic E-state index is 12.0. The average Bonchev–Trinajstić information content (AvgIpc) is 3.15. The van der Waals surface area contributed by atoms with Crippen molar-refractivity contribution in [2.45, 2.75) is 12.8 Å². The zero-order chi connectivity index (χ0) is 17.5. The van der Waals surface area contributed by atoms with Crippen LogP contribution in [0.1, 0.15) is 29.0 Å². The smallest absolute Gasteiger partial charge is 0.286 e. The van der Waals surface area contributed by atoms with Crippen LogP contribution in [0.5, 0.6) is 0 Å². The molecular formula is C20H23ClN2O2. The summed E-state index contributed by atoms with van der Waals surface area (Å²) in [5, 5.41) is 3.80. The number of carbonyl (C=O) groups excluding carboxylic acids is 1. The zero-order valence-electron chi connectivity index (χ0n) is 14.2. The molecule has 1 atom stereocenters. The Morgan fingerprint density at radius 3 is 2.88 bits per heavy atom. The molecule has 25 heavy (non-hydrogen) atoms. The molecule has 1 aliphatic heterocycles. The van der Waals surface area contributed by atoms with E-state index in [1.54, 1.807) is 12.1 Å². The molecule has 0 aliphatic carbocycles. The summed E-state index contributed by atoms with van der Waals surface area (Å²) in [7, 11) is 0. The highest BCUT2D eigenvalue weighted by atomic mass is 35.5. The molecule has 1 saturated heterocycles. The first-order chi connectivity index (χ1) is 12.2. The molecular weight excluding hydrogens is 336 g/mol. The Hall–Kier alpha value is -2.04. The van der Waals surface area contributed by atoms with Gasteiger partial charge in [-0.3, -0.25) is 9.69 Å². The number of nitrogens with zero attached hydrogens (tertiary/aromatic N) is 1. The quantitative estimate of drug-likeness (QED) is 0.848. The number of amides is 1. The van der Waals surface area contributed by atoms with Gasteiger partial charge < -0.3 is 9.73 Å². The normalized spacial score (nSPS) is 18.9. The van der Waals surface area contributed by atoms with E-state index >= 15 is 0 Å². The van der Waals surface area contributed by atoms with Crippen molar-refractivity contribution >= 4 is 23.6 Å². The molecule has 1 aromatic carbocycles. The molecule has 132 valence electrons. The number of rotatable bonds is 6. The Balaban J connectivity index is 1.47. The lowest BCUT2D eigenvalue weighted by Gasteiger charge is -2.32. The molecule has 2 aromatic rings. The van der Waals surface area contributed by atoms with Gasteiger partial charge in [-0.25, -0.2) is 0 Å². The standard InChI is InChI=1S/C20H23ClN2O2/c21-18(12-16-6-2-1-3-7-16)15-23-10-4-8-17(14-23)13-22-20(24)19-9-5-11-25-19/h1-3,5-7,9,11-12,17H,4,8,10,13-15H2,(H,22,24)/b18-12-. The van der Waals surface area contributed by atoms with Crippen molar-refractivity contribution in [2.24, 2.45) is 5.92 Å². The zero-order valence-corrected chi connectivity index (χ0v) is 14.9. The van der Waals surface area contributed by atoms with Crippen molar-refractivity contribution < 1.29 is 9.21 Å². The molecule has 5 heteroatoms. The first-order valence-electron chi connectivity index (χ1n) is 8.66. The highest BCUT2D eigenvalue weighted by Gasteiger charge is 2.21. The molecule has 0 spiro atoms. The van der Waals surface area contributed by atoms with Crippen molar-refractivity contribution in [3.05, 3.63) is 65.1 Å². The van der Waals surface area contributed by atoms with E-state index < -0.39 is 0 Å². The number of hydrogen-bond donors (Lipinski definition) is 1. The van der Waals surface area contributed by atoms with Gasteiger partial charge in [0, 0.05) is 24.7 Å². The van der Waals surface area contributed by atoms with Crippen LogP contribution in [0.3, 0.4) is 0 Å². The number of halogens is 1. The third kappa shape index (κ3) is 5.48. The van der Waals surface area contributed by atoms with Crippen molar-refractivity contribution in [2.75, 3.05) is 26.2 Å². The highest BCUT2D eigenvalue weighted by Crippen LogP contribution is 2.19. The lowest BCUT2D eigenvalue weighted by molar-refractivity contribution is 0.0907. The number of carbonyl (C=O) groups is 1. The van der Waals surface area contributed by atoms with Gasteiger partial charge in [-0.1, -0.05) is 41.9 Å². The van der Waals surface area contributed by atoms with Gasteiger partial charge in [0.25, 0.3) is 5.91 Å². The predicted octanol–water partition coefficient (Wildman–Crippen LogP) is 4.00. The van der Waals surface area contributed by atoms with Crippen LogP contribution in [-0.4, -0.2) is 37.0 Å². The van der Waals surface area contributed by atoms with Crippen LogP contribution in [0.2, 0.25) is 0 Å². The minimum atomic E-state index is -0.149. The summed E-state index contributed by atoms with van der Waals surface area (Å²) in [4.78, 5) is 14.3. The third-order valence-corrected chi connectivity index (χ3v) is 4.63. The first-order valence-corrected chi connectivity index (χ1v) is 9.03. The van der Waals surface area contributed by atoms with Gasteiger partial charge in [0.2, 0.25) is 0 Å². The Bertz CT molecular complexity index is 698. The summed E-state index contributed by atoms with van der Waals surface area (Å²) in [5.41, 5.74) is 1.12. The number of likely N-dealkylation sites (tertiary alicyclic amines) is 1. The number of nitrogens with one attached hydrogen (secondary N) is 1. The number of piperidine rings is 1. The maximum Gasteiger partial charge on any atom is 0.286 e. The minimum absolute atomic E-state index is 0.149. The van der Waals surface area contributed by atoms with E-state index in [1.165, 1.54) is 6.26 Å². The Kier molecular flexibility index (Phi) is 6.31. The van der Waals surface area contributed by atoms with E-state index in [0.29, 0.717) is 18.2 Å². The summed E-state index contributed by atoms with van der Waals surface area (Å²) < 4.78 is 5.12. The van der Waals surface area contributed by atoms with Gasteiger partial charge in [-0.05, 0) is 49.1 Å². The van der Waals surface area contributed by atoms with Crippen LogP contribution in [0, 0.1) is 5.92 Å². The number of benzene rings is 1. The second-order valence-corrected chi connectivity index (χ2v) is 6.92. The van der Waals surface area contributed by atoms with Crippen LogP contribution in [0.15, 0.2) is 58.2 Å². The molecule has 0 saturated carbocycles. The largest absolute Gasteiger partial charge is 0.459 e. The number of furan rings is 1. The fraction of sp³-hybridized carbons (Fsp3) is 0.350. The van der Waals surface area contributed by atoms with E-state index in [9.17, 15) is 4.79 Å². The van der Waals surface area contributed by atoms with Gasteiger partial charge in [0.15, 0.2) is 5.76 Å². The predicted molar refractivity (Wildman–Crippen MR) is 100 cm³/mol. The maximum absolute atomic E-state index is 12.0. The third-order valence-electron chi connectivity index (χ3n) is 4.40. The lowest BCUT2D eigenvalue weighted by Crippen LogP contribution is -2.41. The van der Waals surface area contributed by atoms with Crippen molar-refractivity contribution in [3.8, 4) is 0 Å². The van der Waals surface area contributed by atoms with Gasteiger partial charge in [-0.2, -0.15) is 0 Å². The Morgan fingerprint density at radius 2 is 2.12 bits per heavy atom. The summed E-state index contributed by atoms with van der Waals surface area (Å²) >= 11 is 6.43. The van der Waals surface area contributed by atoms with Crippen molar-refractivity contribution in [1.29, 1.82) is 0 Å². The van der Waals surface area contributed by atoms with Crippen LogP contribution in [0.4, 0.5) is 0 Å². The summed E-state index contributed by atoms with van der Waals surface area (Å²) in [5.74, 6) is 0.652. The Morgan fingerprint density at radius 1 is 1.28 bits per heavy atom. The van der Waals surface area contributed by atoms with E-state index in [-0.39, 0.29) is 5.91 Å². The first kappa shape index (κ1) is 17.8. The highest BCUT2D eigenvalue weighted by molar-refractivity contribution is 6.31. The van der Waals surface area contributed by atoms with E-state index in [2.05, 4.69) is 10.2 Å². The topological polar surface area (TPSA) is 45.5 Å². The molecule has 4 nitrogen and oxygen atoms in total. The van der Waals surface area contributed by atoms with Gasteiger partial charge >= 0.3 is 0 Å². The molecule has 2 heterocycles. The van der Waals surface area contributed by atoms with E-state index in [0.717, 1.165) is 43.1 Å². The molecule has 0 radical (unpaired) electrons. The van der Waals surface area contributed by atoms with Gasteiger partial charge in [0.05, 0.1) is 6.26 Å². The van der Waals surface area contributed by atoms with Crippen molar-refractivity contribution in [3.63, 3.8) is 0 Å². The molecule has 1 amide bonds. The molecule has 1 aromatic heterocycles. The average molecular weight is 359 g/mol. The summed E-state index contributed by atoms with van der Waals surface area (Å²) in [6, 6.07) is 13.5. The van der Waals surface area contributed by atoms with E-state index in [4.69, 9.17) is 16.0 Å². The molecule has 1 aliphatic rings. The second kappa shape index (κ2) is 8.88. The molecule has 1 unspecified atom stereocenters. The SMILES string of the molecule is O=C(NCC1CCCN(C/C(Cl)=C/c2ccccc2)C1)c1ccco1. The number of hydrogen-bond acceptors (Lipinski definition) is 3. The van der Waals surface area contributed by atoms with Crippen LogP contribution < -0.4 is 5.32 Å². The van der Waals surface area contributed by atoms with Crippen LogP contribution >= 0.6 is 11.6 Å². The summed E-state index contributed by atoms with van der Waals surface area (Å²) in [6.07, 6.45) is 5.77. The minimum Gasteiger partial charge on any atom is -0.459 e. The van der Waals surface area contributed by atoms with Crippen LogP contribution in [0.25, 0.3) is 6.08 Å². The van der Waals surface area contributed by atoms with E-state index in [1.807, 2.05) is 36.4 Å². The Labute approximate surface area is 153 Å².